The van der Waals surface area contributed by atoms with E-state index in [1.165, 1.54) is 44.9 Å². The van der Waals surface area contributed by atoms with Gasteiger partial charge in [0.2, 0.25) is 0 Å². The van der Waals surface area contributed by atoms with Gasteiger partial charge in [0.25, 0.3) is 0 Å². The summed E-state index contributed by atoms with van der Waals surface area (Å²) in [6, 6.07) is 0. The number of rotatable bonds is 2. The highest BCUT2D eigenvalue weighted by Gasteiger charge is 2.49. The van der Waals surface area contributed by atoms with Crippen LogP contribution in [0.3, 0.4) is 0 Å². The smallest absolute Gasteiger partial charge is 0.0774 e. The average molecular weight is 263 g/mol. The van der Waals surface area contributed by atoms with Gasteiger partial charge in [0.1, 0.15) is 0 Å². The first-order valence-electron chi connectivity index (χ1n) is 8.65. The monoisotopic (exact) mass is 263 g/mol. The molecular formula is C17H29NO. The minimum Gasteiger partial charge on any atom is -0.389 e. The maximum atomic E-state index is 11.0. The van der Waals surface area contributed by atoms with Crippen molar-refractivity contribution in [3.8, 4) is 0 Å². The molecule has 5 aliphatic rings. The Labute approximate surface area is 117 Å². The lowest BCUT2D eigenvalue weighted by Gasteiger charge is -2.55. The van der Waals surface area contributed by atoms with Crippen LogP contribution in [0.1, 0.15) is 57.8 Å². The van der Waals surface area contributed by atoms with Gasteiger partial charge in [-0.05, 0) is 93.9 Å². The molecule has 0 radical (unpaired) electrons. The third kappa shape index (κ3) is 2.35. The van der Waals surface area contributed by atoms with Crippen molar-refractivity contribution in [1.29, 1.82) is 0 Å². The summed E-state index contributed by atoms with van der Waals surface area (Å²) in [5, 5.41) is 14.4. The van der Waals surface area contributed by atoms with E-state index in [1.54, 1.807) is 0 Å². The predicted octanol–water partition coefficient (Wildman–Crippen LogP) is 2.95. The van der Waals surface area contributed by atoms with E-state index in [1.807, 2.05) is 0 Å². The SMILES string of the molecule is OC1(CC2C3CC4CC(C3)CC2C4)CCCCNC1. The van der Waals surface area contributed by atoms with E-state index in [-0.39, 0.29) is 0 Å². The Morgan fingerprint density at radius 1 is 0.947 bits per heavy atom. The lowest BCUT2D eigenvalue weighted by Crippen LogP contribution is -2.49. The quantitative estimate of drug-likeness (QED) is 0.803. The Balaban J connectivity index is 1.47. The molecule has 0 aromatic carbocycles. The topological polar surface area (TPSA) is 32.3 Å². The summed E-state index contributed by atoms with van der Waals surface area (Å²) >= 11 is 0. The third-order valence-electron chi connectivity index (χ3n) is 6.74. The van der Waals surface area contributed by atoms with Gasteiger partial charge in [-0.25, -0.2) is 0 Å². The van der Waals surface area contributed by atoms with Crippen LogP contribution in [-0.2, 0) is 0 Å². The summed E-state index contributed by atoms with van der Waals surface area (Å²) in [6.45, 7) is 1.94. The standard InChI is InChI=1S/C17H29NO/c19-17(3-1-2-4-18-11-17)10-16-14-6-12-5-13(8-14)9-15(16)7-12/h12-16,18-19H,1-11H2. The van der Waals surface area contributed by atoms with Crippen LogP contribution in [-0.4, -0.2) is 23.8 Å². The van der Waals surface area contributed by atoms with E-state index in [0.29, 0.717) is 0 Å². The molecule has 1 unspecified atom stereocenters. The average Bonchev–Trinajstić information content (AvgIpc) is 2.58. The van der Waals surface area contributed by atoms with Gasteiger partial charge in [0.15, 0.2) is 0 Å². The van der Waals surface area contributed by atoms with Gasteiger partial charge in [-0.2, -0.15) is 0 Å². The van der Waals surface area contributed by atoms with Crippen LogP contribution in [0.4, 0.5) is 0 Å². The van der Waals surface area contributed by atoms with Crippen LogP contribution in [0.2, 0.25) is 0 Å². The second-order valence-electron chi connectivity index (χ2n) is 8.16. The summed E-state index contributed by atoms with van der Waals surface area (Å²) in [5.41, 5.74) is -0.392. The van der Waals surface area contributed by atoms with E-state index in [0.717, 1.165) is 55.5 Å². The van der Waals surface area contributed by atoms with E-state index >= 15 is 0 Å². The molecule has 1 heterocycles. The number of hydrogen-bond acceptors (Lipinski definition) is 2. The number of aliphatic hydroxyl groups is 1. The second kappa shape index (κ2) is 4.73. The molecule has 0 amide bonds. The van der Waals surface area contributed by atoms with Crippen molar-refractivity contribution in [2.45, 2.75) is 63.4 Å². The lowest BCUT2D eigenvalue weighted by atomic mass is 9.50. The Morgan fingerprint density at radius 2 is 1.63 bits per heavy atom. The van der Waals surface area contributed by atoms with E-state index in [9.17, 15) is 5.11 Å². The van der Waals surface area contributed by atoms with Gasteiger partial charge in [-0.15, -0.1) is 0 Å². The summed E-state index contributed by atoms with van der Waals surface area (Å²) in [5.74, 6) is 4.88. The molecule has 1 atom stereocenters. The summed E-state index contributed by atoms with van der Waals surface area (Å²) in [4.78, 5) is 0. The minimum absolute atomic E-state index is 0.392. The van der Waals surface area contributed by atoms with E-state index in [2.05, 4.69) is 5.32 Å². The van der Waals surface area contributed by atoms with Gasteiger partial charge in [-0.3, -0.25) is 0 Å². The van der Waals surface area contributed by atoms with Crippen molar-refractivity contribution >= 4 is 0 Å². The predicted molar refractivity (Wildman–Crippen MR) is 76.8 cm³/mol. The van der Waals surface area contributed by atoms with Crippen LogP contribution < -0.4 is 5.32 Å². The van der Waals surface area contributed by atoms with Gasteiger partial charge in [0, 0.05) is 6.54 Å². The highest BCUT2D eigenvalue weighted by Crippen LogP contribution is 2.58. The Hall–Kier alpha value is -0.0800. The molecule has 1 aliphatic heterocycles. The Morgan fingerprint density at radius 3 is 2.32 bits per heavy atom. The fourth-order valence-electron chi connectivity index (χ4n) is 6.10. The molecule has 19 heavy (non-hydrogen) atoms. The zero-order chi connectivity index (χ0) is 12.9. The fraction of sp³-hybridized carbons (Fsp3) is 1.00. The molecule has 4 aliphatic carbocycles. The van der Waals surface area contributed by atoms with Gasteiger partial charge >= 0.3 is 0 Å². The fourth-order valence-corrected chi connectivity index (χ4v) is 6.10. The molecule has 108 valence electrons. The molecular weight excluding hydrogens is 234 g/mol. The molecule has 2 nitrogen and oxygen atoms in total. The van der Waals surface area contributed by atoms with Crippen LogP contribution in [0, 0.1) is 29.6 Å². The Kier molecular flexibility index (Phi) is 3.15. The molecule has 0 spiro atoms. The molecule has 0 aromatic heterocycles. The number of nitrogens with one attached hydrogen (secondary N) is 1. The maximum absolute atomic E-state index is 11.0. The van der Waals surface area contributed by atoms with Crippen molar-refractivity contribution in [3.63, 3.8) is 0 Å². The first kappa shape index (κ1) is 12.6. The summed E-state index contributed by atoms with van der Waals surface area (Å²) in [6.07, 6.45) is 12.1. The Bertz CT molecular complexity index is 304. The van der Waals surface area contributed by atoms with Crippen LogP contribution in [0.5, 0.6) is 0 Å². The molecule has 2 heteroatoms. The first-order chi connectivity index (χ1) is 9.22. The lowest BCUT2D eigenvalue weighted by molar-refractivity contribution is -0.0809. The van der Waals surface area contributed by atoms with Crippen molar-refractivity contribution in [2.24, 2.45) is 29.6 Å². The largest absolute Gasteiger partial charge is 0.389 e. The summed E-state index contributed by atoms with van der Waals surface area (Å²) < 4.78 is 0. The van der Waals surface area contributed by atoms with Gasteiger partial charge in [0.05, 0.1) is 5.60 Å². The highest BCUT2D eigenvalue weighted by molar-refractivity contribution is 5.00. The molecule has 5 rings (SSSR count). The van der Waals surface area contributed by atoms with Crippen LogP contribution in [0.15, 0.2) is 0 Å². The van der Waals surface area contributed by atoms with Crippen LogP contribution in [0.25, 0.3) is 0 Å². The normalized spacial score (nSPS) is 53.2. The number of β-amino-alcohol motifs (C(OH)–C–C–N with tert-alkyl or cyclic N) is 1. The molecule has 0 aromatic rings. The van der Waals surface area contributed by atoms with Gasteiger partial charge < -0.3 is 10.4 Å². The van der Waals surface area contributed by atoms with Crippen molar-refractivity contribution in [1.82, 2.24) is 5.32 Å². The molecule has 4 bridgehead atoms. The summed E-state index contributed by atoms with van der Waals surface area (Å²) in [7, 11) is 0. The van der Waals surface area contributed by atoms with Crippen molar-refractivity contribution in [2.75, 3.05) is 13.1 Å². The van der Waals surface area contributed by atoms with Crippen molar-refractivity contribution in [3.05, 3.63) is 0 Å². The first-order valence-corrected chi connectivity index (χ1v) is 8.65. The molecule has 5 fully saturated rings. The van der Waals surface area contributed by atoms with Crippen molar-refractivity contribution < 1.29 is 5.11 Å². The molecule has 1 saturated heterocycles. The van der Waals surface area contributed by atoms with E-state index in [4.69, 9.17) is 0 Å². The van der Waals surface area contributed by atoms with E-state index < -0.39 is 5.60 Å². The second-order valence-corrected chi connectivity index (χ2v) is 8.16. The minimum atomic E-state index is -0.392. The zero-order valence-corrected chi connectivity index (χ0v) is 12.1. The molecule has 2 N–H and O–H groups in total. The van der Waals surface area contributed by atoms with Crippen LogP contribution >= 0.6 is 0 Å². The zero-order valence-electron chi connectivity index (χ0n) is 12.1. The van der Waals surface area contributed by atoms with Gasteiger partial charge in [-0.1, -0.05) is 0 Å². The highest BCUT2D eigenvalue weighted by atomic mass is 16.3. The molecule has 4 saturated carbocycles. The maximum Gasteiger partial charge on any atom is 0.0774 e. The third-order valence-corrected chi connectivity index (χ3v) is 6.74. The number of hydrogen-bond donors (Lipinski definition) is 2.